The molecule has 11 heteroatoms. The van der Waals surface area contributed by atoms with Crippen LogP contribution in [0.3, 0.4) is 0 Å². The molecule has 0 spiro atoms. The van der Waals surface area contributed by atoms with E-state index in [9.17, 15) is 18.3 Å². The van der Waals surface area contributed by atoms with Gasteiger partial charge in [0.25, 0.3) is 10.1 Å². The van der Waals surface area contributed by atoms with Gasteiger partial charge in [0.15, 0.2) is 5.71 Å². The smallest absolute Gasteiger partial charge is 0.352 e. The Kier molecular flexibility index (Phi) is 4.41. The third-order valence-corrected chi connectivity index (χ3v) is 5.72. The van der Waals surface area contributed by atoms with E-state index in [1.54, 1.807) is 0 Å². The first kappa shape index (κ1) is 18.2. The number of amidine groups is 1. The maximum atomic E-state index is 11.4. The van der Waals surface area contributed by atoms with Crippen molar-refractivity contribution in [3.8, 4) is 0 Å². The van der Waals surface area contributed by atoms with Crippen molar-refractivity contribution in [2.45, 2.75) is 11.3 Å². The fourth-order valence-electron chi connectivity index (χ4n) is 2.63. The number of aromatic nitrogens is 1. The number of rotatable bonds is 4. The summed E-state index contributed by atoms with van der Waals surface area (Å²) in [5.41, 5.74) is 1.09. The summed E-state index contributed by atoms with van der Waals surface area (Å²) in [4.78, 5) is 20.0. The van der Waals surface area contributed by atoms with Crippen LogP contribution in [-0.4, -0.2) is 40.6 Å². The van der Waals surface area contributed by atoms with Crippen LogP contribution < -0.4 is 5.01 Å². The Labute approximate surface area is 163 Å². The summed E-state index contributed by atoms with van der Waals surface area (Å²) in [5.74, 6) is -0.829. The van der Waals surface area contributed by atoms with E-state index < -0.39 is 16.1 Å². The molecule has 28 heavy (non-hydrogen) atoms. The predicted molar refractivity (Wildman–Crippen MR) is 105 cm³/mol. The molecular weight excluding hydrogens is 404 g/mol. The van der Waals surface area contributed by atoms with Crippen LogP contribution in [0, 0.1) is 0 Å². The number of aliphatic imine (C=N–C) groups is 1. The highest BCUT2D eigenvalue weighted by atomic mass is 32.2. The number of benzene rings is 2. The van der Waals surface area contributed by atoms with Gasteiger partial charge in [-0.25, -0.2) is 19.8 Å². The number of carboxylic acid groups (broad SMARTS) is 1. The summed E-state index contributed by atoms with van der Waals surface area (Å²) in [7, 11) is -4.33. The Bertz CT molecular complexity index is 1210. The van der Waals surface area contributed by atoms with E-state index in [0.717, 1.165) is 10.2 Å². The zero-order valence-corrected chi connectivity index (χ0v) is 15.7. The Morgan fingerprint density at radius 2 is 1.86 bits per heavy atom. The van der Waals surface area contributed by atoms with Gasteiger partial charge < -0.3 is 5.11 Å². The summed E-state index contributed by atoms with van der Waals surface area (Å²) >= 11 is 1.36. The van der Waals surface area contributed by atoms with Crippen molar-refractivity contribution in [2.75, 3.05) is 5.01 Å². The molecule has 0 fully saturated rings. The normalized spacial score (nSPS) is 16.0. The van der Waals surface area contributed by atoms with Gasteiger partial charge in [0.1, 0.15) is 5.84 Å². The number of carbonyl (C=O) groups is 1. The lowest BCUT2D eigenvalue weighted by atomic mass is 10.2. The first-order valence-corrected chi connectivity index (χ1v) is 10.2. The van der Waals surface area contributed by atoms with Gasteiger partial charge in [-0.15, -0.1) is 0 Å². The Morgan fingerprint density at radius 1 is 1.14 bits per heavy atom. The van der Waals surface area contributed by atoms with Crippen molar-refractivity contribution < 1.29 is 22.9 Å². The van der Waals surface area contributed by atoms with Crippen molar-refractivity contribution >= 4 is 60.0 Å². The van der Waals surface area contributed by atoms with Crippen LogP contribution in [0.15, 0.2) is 63.5 Å². The van der Waals surface area contributed by atoms with Crippen LogP contribution in [0.5, 0.6) is 0 Å². The molecule has 0 atom stereocenters. The summed E-state index contributed by atoms with van der Waals surface area (Å²) in [6, 6.07) is 12.7. The molecule has 0 saturated heterocycles. The standard InChI is InChI=1S/C17H12N4O5S2/c22-16(23)13-9-15(19-17-18-12-3-1-2-4-14(12)27-17)21(20-13)10-5-7-11(8-6-10)28(24,25)26/h1-8H,9H2,(H,22,23)(H,24,25,26). The first-order chi connectivity index (χ1) is 13.3. The number of hydrogen-bond donors (Lipinski definition) is 2. The lowest BCUT2D eigenvalue weighted by molar-refractivity contribution is -0.129. The van der Waals surface area contributed by atoms with Crippen molar-refractivity contribution in [1.29, 1.82) is 0 Å². The zero-order chi connectivity index (χ0) is 19.9. The van der Waals surface area contributed by atoms with E-state index in [1.807, 2.05) is 24.3 Å². The van der Waals surface area contributed by atoms with Crippen LogP contribution in [0.25, 0.3) is 10.2 Å². The largest absolute Gasteiger partial charge is 0.477 e. The zero-order valence-electron chi connectivity index (χ0n) is 14.1. The lowest BCUT2D eigenvalue weighted by Gasteiger charge is -2.15. The van der Waals surface area contributed by atoms with Crippen molar-refractivity contribution in [2.24, 2.45) is 10.1 Å². The van der Waals surface area contributed by atoms with Crippen LogP contribution in [0.1, 0.15) is 6.42 Å². The van der Waals surface area contributed by atoms with Gasteiger partial charge in [-0.05, 0) is 36.4 Å². The molecule has 0 saturated carbocycles. The van der Waals surface area contributed by atoms with E-state index in [1.165, 1.54) is 40.6 Å². The highest BCUT2D eigenvalue weighted by Crippen LogP contribution is 2.30. The molecule has 3 aromatic rings. The van der Waals surface area contributed by atoms with Gasteiger partial charge in [-0.1, -0.05) is 23.5 Å². The lowest BCUT2D eigenvalue weighted by Crippen LogP contribution is -2.20. The van der Waals surface area contributed by atoms with Crippen molar-refractivity contribution in [1.82, 2.24) is 4.98 Å². The van der Waals surface area contributed by atoms with Gasteiger partial charge in [-0.3, -0.25) is 4.55 Å². The SMILES string of the molecule is O=C(O)C1=NN(c2ccc(S(=O)(=O)O)cc2)C(=Nc2nc3ccccc3s2)C1. The molecule has 142 valence electrons. The summed E-state index contributed by atoms with van der Waals surface area (Å²) in [6.07, 6.45) is -0.00862. The molecule has 2 N–H and O–H groups in total. The Balaban J connectivity index is 1.74. The number of para-hydroxylation sites is 1. The molecular formula is C17H12N4O5S2. The quantitative estimate of drug-likeness (QED) is 0.625. The molecule has 1 aliphatic rings. The molecule has 2 aromatic carbocycles. The van der Waals surface area contributed by atoms with Gasteiger partial charge >= 0.3 is 5.97 Å². The Morgan fingerprint density at radius 3 is 2.50 bits per heavy atom. The van der Waals surface area contributed by atoms with Crippen molar-refractivity contribution in [3.63, 3.8) is 0 Å². The van der Waals surface area contributed by atoms with E-state index in [2.05, 4.69) is 15.1 Å². The molecule has 4 rings (SSSR count). The topological polar surface area (TPSA) is 133 Å². The van der Waals surface area contributed by atoms with Crippen LogP contribution in [0.4, 0.5) is 10.8 Å². The molecule has 0 aliphatic carbocycles. The van der Waals surface area contributed by atoms with E-state index in [-0.39, 0.29) is 17.0 Å². The first-order valence-electron chi connectivity index (χ1n) is 7.93. The molecule has 1 aliphatic heterocycles. The minimum Gasteiger partial charge on any atom is -0.477 e. The summed E-state index contributed by atoms with van der Waals surface area (Å²) in [5, 5.41) is 15.1. The molecule has 2 heterocycles. The third kappa shape index (κ3) is 3.50. The number of nitrogens with zero attached hydrogens (tertiary/aromatic N) is 4. The molecule has 1 aromatic heterocycles. The van der Waals surface area contributed by atoms with Gasteiger partial charge in [0.2, 0.25) is 5.13 Å². The number of carboxylic acids is 1. The minimum absolute atomic E-state index is 0.00862. The Hall–Kier alpha value is -3.15. The van der Waals surface area contributed by atoms with E-state index >= 15 is 0 Å². The van der Waals surface area contributed by atoms with Crippen LogP contribution >= 0.6 is 11.3 Å². The number of hydrazone groups is 1. The molecule has 0 amide bonds. The molecule has 0 unspecified atom stereocenters. The van der Waals surface area contributed by atoms with E-state index in [4.69, 9.17) is 4.55 Å². The van der Waals surface area contributed by atoms with E-state index in [0.29, 0.717) is 16.7 Å². The second-order valence-electron chi connectivity index (χ2n) is 5.80. The number of fused-ring (bicyclic) bond motifs is 1. The van der Waals surface area contributed by atoms with Gasteiger partial charge in [0.05, 0.1) is 27.2 Å². The van der Waals surface area contributed by atoms with Gasteiger partial charge in [-0.2, -0.15) is 13.5 Å². The predicted octanol–water partition coefficient (Wildman–Crippen LogP) is 2.92. The summed E-state index contributed by atoms with van der Waals surface area (Å²) in [6.45, 7) is 0. The monoisotopic (exact) mass is 416 g/mol. The molecule has 9 nitrogen and oxygen atoms in total. The number of anilines is 1. The highest BCUT2D eigenvalue weighted by molar-refractivity contribution is 7.85. The summed E-state index contributed by atoms with van der Waals surface area (Å²) < 4.78 is 32.5. The average molecular weight is 416 g/mol. The van der Waals surface area contributed by atoms with Gasteiger partial charge in [0, 0.05) is 0 Å². The highest BCUT2D eigenvalue weighted by Gasteiger charge is 2.28. The average Bonchev–Trinajstić information content (AvgIpc) is 3.25. The maximum Gasteiger partial charge on any atom is 0.352 e. The van der Waals surface area contributed by atoms with Crippen LogP contribution in [-0.2, 0) is 14.9 Å². The second kappa shape index (κ2) is 6.78. The number of thiazole rings is 1. The number of aliphatic carboxylic acids is 1. The fraction of sp³-hybridized carbons (Fsp3) is 0.0588. The fourth-order valence-corrected chi connectivity index (χ4v) is 3.96. The van der Waals surface area contributed by atoms with Crippen LogP contribution in [0.2, 0.25) is 0 Å². The maximum absolute atomic E-state index is 11.4. The van der Waals surface area contributed by atoms with Crippen molar-refractivity contribution in [3.05, 3.63) is 48.5 Å². The minimum atomic E-state index is -4.33. The third-order valence-electron chi connectivity index (χ3n) is 3.92. The second-order valence-corrected chi connectivity index (χ2v) is 8.23. The number of hydrogen-bond acceptors (Lipinski definition) is 7. The molecule has 0 bridgehead atoms. The molecule has 0 radical (unpaired) electrons.